The summed E-state index contributed by atoms with van der Waals surface area (Å²) in [5.74, 6) is -0.225. The lowest BCUT2D eigenvalue weighted by molar-refractivity contribution is -0.124. The highest BCUT2D eigenvalue weighted by Crippen LogP contribution is 2.19. The summed E-state index contributed by atoms with van der Waals surface area (Å²) in [5.41, 5.74) is -0.853. The fraction of sp³-hybridized carbons (Fsp3) is 0.778. The Labute approximate surface area is 97.9 Å². The molecule has 2 heterocycles. The molecule has 1 saturated heterocycles. The quantitative estimate of drug-likeness (QED) is 0.653. The number of ether oxygens (including phenoxy) is 1. The predicted molar refractivity (Wildman–Crippen MR) is 55.8 cm³/mol. The monoisotopic (exact) mass is 241 g/mol. The van der Waals surface area contributed by atoms with Gasteiger partial charge in [0.15, 0.2) is 0 Å². The number of hydrogen-bond acceptors (Lipinski definition) is 6. The maximum absolute atomic E-state index is 11.5. The molecule has 0 bridgehead atoms. The van der Waals surface area contributed by atoms with Crippen molar-refractivity contribution in [2.75, 3.05) is 19.8 Å². The van der Waals surface area contributed by atoms with Gasteiger partial charge in [-0.25, -0.2) is 4.68 Å². The summed E-state index contributed by atoms with van der Waals surface area (Å²) in [7, 11) is 0. The van der Waals surface area contributed by atoms with Crippen LogP contribution in [0.15, 0.2) is 6.33 Å². The van der Waals surface area contributed by atoms with E-state index in [1.54, 1.807) is 0 Å². The van der Waals surface area contributed by atoms with Crippen molar-refractivity contribution >= 4 is 5.91 Å². The Balaban J connectivity index is 1.75. The molecule has 1 aromatic rings. The first kappa shape index (κ1) is 11.9. The van der Waals surface area contributed by atoms with E-state index in [4.69, 9.17) is 4.74 Å². The molecular formula is C9H15N5O3. The van der Waals surface area contributed by atoms with Gasteiger partial charge >= 0.3 is 0 Å². The van der Waals surface area contributed by atoms with Crippen LogP contribution in [0, 0.1) is 0 Å². The average molecular weight is 241 g/mol. The summed E-state index contributed by atoms with van der Waals surface area (Å²) in [5, 5.41) is 23.2. The molecule has 0 saturated carbocycles. The van der Waals surface area contributed by atoms with Crippen LogP contribution >= 0.6 is 0 Å². The van der Waals surface area contributed by atoms with Crippen LogP contribution in [0.4, 0.5) is 0 Å². The third-order valence-corrected chi connectivity index (χ3v) is 2.74. The second kappa shape index (κ2) is 5.19. The van der Waals surface area contributed by atoms with Gasteiger partial charge in [0.05, 0.1) is 5.60 Å². The molecule has 0 radical (unpaired) electrons. The Morgan fingerprint density at radius 1 is 1.53 bits per heavy atom. The Kier molecular flexibility index (Phi) is 3.64. The average Bonchev–Trinajstić information content (AvgIpc) is 2.80. The number of carbonyl (C=O) groups is 1. The number of amides is 1. The van der Waals surface area contributed by atoms with E-state index in [-0.39, 0.29) is 19.0 Å². The van der Waals surface area contributed by atoms with Crippen LogP contribution in [-0.4, -0.2) is 56.6 Å². The number of aromatic nitrogens is 4. The lowest BCUT2D eigenvalue weighted by atomic mass is 9.94. The number of nitrogens with zero attached hydrogens (tertiary/aromatic N) is 4. The van der Waals surface area contributed by atoms with Gasteiger partial charge in [0.25, 0.3) is 0 Å². The van der Waals surface area contributed by atoms with Crippen molar-refractivity contribution in [3.8, 4) is 0 Å². The van der Waals surface area contributed by atoms with Crippen LogP contribution in [-0.2, 0) is 16.1 Å². The highest BCUT2D eigenvalue weighted by molar-refractivity contribution is 5.75. The van der Waals surface area contributed by atoms with Crippen molar-refractivity contribution in [1.82, 2.24) is 25.5 Å². The minimum absolute atomic E-state index is 0.0551. The van der Waals surface area contributed by atoms with E-state index in [0.29, 0.717) is 26.1 Å². The van der Waals surface area contributed by atoms with Crippen molar-refractivity contribution in [1.29, 1.82) is 0 Å². The normalized spacial score (nSPS) is 18.9. The molecule has 17 heavy (non-hydrogen) atoms. The molecule has 1 amide bonds. The minimum atomic E-state index is -0.853. The van der Waals surface area contributed by atoms with E-state index in [1.807, 2.05) is 0 Å². The van der Waals surface area contributed by atoms with Crippen LogP contribution in [0.25, 0.3) is 0 Å². The Bertz CT molecular complexity index is 361. The number of hydrogen-bond donors (Lipinski definition) is 2. The standard InChI is InChI=1S/C9H15N5O3/c15-8(5-14-7-11-12-13-14)10-6-9(16)1-3-17-4-2-9/h7,16H,1-6H2,(H,10,15). The van der Waals surface area contributed by atoms with Gasteiger partial charge in [0, 0.05) is 32.6 Å². The van der Waals surface area contributed by atoms with E-state index >= 15 is 0 Å². The molecule has 94 valence electrons. The summed E-state index contributed by atoms with van der Waals surface area (Å²) < 4.78 is 6.48. The van der Waals surface area contributed by atoms with Gasteiger partial charge in [-0.2, -0.15) is 0 Å². The third kappa shape index (κ3) is 3.46. The largest absolute Gasteiger partial charge is 0.388 e. The van der Waals surface area contributed by atoms with E-state index in [1.165, 1.54) is 11.0 Å². The predicted octanol–water partition coefficient (Wildman–Crippen LogP) is -1.67. The molecule has 0 atom stereocenters. The van der Waals surface area contributed by atoms with E-state index in [2.05, 4.69) is 20.8 Å². The Hall–Kier alpha value is -1.54. The first-order valence-corrected chi connectivity index (χ1v) is 5.46. The first-order chi connectivity index (χ1) is 8.18. The van der Waals surface area contributed by atoms with Crippen molar-refractivity contribution in [2.45, 2.75) is 25.0 Å². The van der Waals surface area contributed by atoms with Crippen molar-refractivity contribution < 1.29 is 14.6 Å². The molecule has 8 nitrogen and oxygen atoms in total. The van der Waals surface area contributed by atoms with Crippen LogP contribution in [0.5, 0.6) is 0 Å². The fourth-order valence-electron chi connectivity index (χ4n) is 1.65. The highest BCUT2D eigenvalue weighted by atomic mass is 16.5. The molecule has 8 heteroatoms. The molecule has 2 rings (SSSR count). The smallest absolute Gasteiger partial charge is 0.241 e. The number of rotatable bonds is 4. The molecule has 0 aromatic carbocycles. The summed E-state index contributed by atoms with van der Waals surface area (Å²) in [4.78, 5) is 11.5. The molecule has 0 spiro atoms. The minimum Gasteiger partial charge on any atom is -0.388 e. The van der Waals surface area contributed by atoms with Crippen LogP contribution in [0.1, 0.15) is 12.8 Å². The van der Waals surface area contributed by atoms with Crippen LogP contribution in [0.2, 0.25) is 0 Å². The molecular weight excluding hydrogens is 226 g/mol. The van der Waals surface area contributed by atoms with Gasteiger partial charge in [-0.1, -0.05) is 0 Å². The van der Waals surface area contributed by atoms with E-state index < -0.39 is 5.60 Å². The van der Waals surface area contributed by atoms with Gasteiger partial charge in [-0.05, 0) is 10.4 Å². The number of tetrazole rings is 1. The van der Waals surface area contributed by atoms with Crippen molar-refractivity contribution in [3.63, 3.8) is 0 Å². The maximum atomic E-state index is 11.5. The van der Waals surface area contributed by atoms with Crippen molar-refractivity contribution in [3.05, 3.63) is 6.33 Å². The van der Waals surface area contributed by atoms with Gasteiger partial charge in [0.2, 0.25) is 5.91 Å². The zero-order valence-corrected chi connectivity index (χ0v) is 9.37. The molecule has 0 unspecified atom stereocenters. The van der Waals surface area contributed by atoms with Crippen LogP contribution < -0.4 is 5.32 Å². The zero-order chi connectivity index (χ0) is 12.1. The van der Waals surface area contributed by atoms with E-state index in [0.717, 1.165) is 0 Å². The molecule has 2 N–H and O–H groups in total. The Morgan fingerprint density at radius 3 is 2.94 bits per heavy atom. The third-order valence-electron chi connectivity index (χ3n) is 2.74. The lowest BCUT2D eigenvalue weighted by Gasteiger charge is -2.32. The maximum Gasteiger partial charge on any atom is 0.241 e. The number of aliphatic hydroxyl groups is 1. The van der Waals surface area contributed by atoms with Crippen LogP contribution in [0.3, 0.4) is 0 Å². The second-order valence-corrected chi connectivity index (χ2v) is 4.12. The fourth-order valence-corrected chi connectivity index (χ4v) is 1.65. The van der Waals surface area contributed by atoms with Gasteiger partial charge in [-0.15, -0.1) is 5.10 Å². The summed E-state index contributed by atoms with van der Waals surface area (Å²) >= 11 is 0. The summed E-state index contributed by atoms with van der Waals surface area (Å²) in [6.45, 7) is 1.34. The lowest BCUT2D eigenvalue weighted by Crippen LogP contribution is -2.47. The summed E-state index contributed by atoms with van der Waals surface area (Å²) in [6, 6.07) is 0. The van der Waals surface area contributed by atoms with Gasteiger partial charge in [0.1, 0.15) is 12.9 Å². The molecule has 0 aliphatic carbocycles. The molecule has 1 fully saturated rings. The van der Waals surface area contributed by atoms with E-state index in [9.17, 15) is 9.90 Å². The number of nitrogens with one attached hydrogen (secondary N) is 1. The van der Waals surface area contributed by atoms with Gasteiger partial charge < -0.3 is 15.2 Å². The zero-order valence-electron chi connectivity index (χ0n) is 9.37. The SMILES string of the molecule is O=C(Cn1cnnn1)NCC1(O)CCOCC1. The number of carbonyl (C=O) groups excluding carboxylic acids is 1. The Morgan fingerprint density at radius 2 is 2.29 bits per heavy atom. The first-order valence-electron chi connectivity index (χ1n) is 5.46. The molecule has 1 aliphatic heterocycles. The highest BCUT2D eigenvalue weighted by Gasteiger charge is 2.30. The second-order valence-electron chi connectivity index (χ2n) is 4.12. The van der Waals surface area contributed by atoms with Gasteiger partial charge in [-0.3, -0.25) is 4.79 Å². The topological polar surface area (TPSA) is 102 Å². The molecule has 1 aliphatic rings. The molecule has 1 aromatic heterocycles. The van der Waals surface area contributed by atoms with Crippen molar-refractivity contribution in [2.24, 2.45) is 0 Å². The summed E-state index contributed by atoms with van der Waals surface area (Å²) in [6.07, 6.45) is 2.44.